The maximum Gasteiger partial charge on any atom is 0.187 e. The van der Waals surface area contributed by atoms with Crippen molar-refractivity contribution in [2.24, 2.45) is 0 Å². The molecular weight excluding hydrogens is 348 g/mol. The first kappa shape index (κ1) is 16.0. The number of nitrogens with one attached hydrogen (secondary N) is 1. The molecule has 1 aliphatic carbocycles. The van der Waals surface area contributed by atoms with Crippen molar-refractivity contribution in [3.05, 3.63) is 57.0 Å². The van der Waals surface area contributed by atoms with Crippen LogP contribution in [0.4, 0.5) is 5.13 Å². The Bertz CT molecular complexity index is 991. The van der Waals surface area contributed by atoms with Crippen molar-refractivity contribution in [3.8, 4) is 17.3 Å². The standard InChI is InChI=1S/C19H16N4S2/c1-12-10-24-18(22-12)16(8-20)9-21-19-23-17(11-25-19)15-6-5-13-3-2-4-14(13)7-15/h5-7,9-11H,2-4H2,1H3,(H,21,23)/b16-9+. The van der Waals surface area contributed by atoms with Gasteiger partial charge < -0.3 is 5.32 Å². The number of thiazole rings is 2. The van der Waals surface area contributed by atoms with Crippen LogP contribution in [0.25, 0.3) is 16.8 Å². The Kier molecular flexibility index (Phi) is 4.35. The van der Waals surface area contributed by atoms with E-state index in [2.05, 4.69) is 39.6 Å². The average Bonchev–Trinajstić information content (AvgIpc) is 3.35. The summed E-state index contributed by atoms with van der Waals surface area (Å²) in [6.45, 7) is 1.92. The van der Waals surface area contributed by atoms with Crippen molar-refractivity contribution >= 4 is 33.4 Å². The predicted octanol–water partition coefficient (Wildman–Crippen LogP) is 5.04. The Morgan fingerprint density at radius 1 is 1.20 bits per heavy atom. The molecule has 0 radical (unpaired) electrons. The highest BCUT2D eigenvalue weighted by molar-refractivity contribution is 7.14. The molecule has 1 aliphatic rings. The molecule has 3 aromatic rings. The first-order valence-electron chi connectivity index (χ1n) is 8.10. The molecular formula is C19H16N4S2. The van der Waals surface area contributed by atoms with Crippen molar-refractivity contribution in [3.63, 3.8) is 0 Å². The Morgan fingerprint density at radius 2 is 2.08 bits per heavy atom. The summed E-state index contributed by atoms with van der Waals surface area (Å²) in [7, 11) is 0. The van der Waals surface area contributed by atoms with E-state index in [9.17, 15) is 5.26 Å². The summed E-state index contributed by atoms with van der Waals surface area (Å²) in [6, 6.07) is 8.83. The minimum atomic E-state index is 0.521. The number of fused-ring (bicyclic) bond motifs is 1. The quantitative estimate of drug-likeness (QED) is 0.659. The summed E-state index contributed by atoms with van der Waals surface area (Å²) in [6.07, 6.45) is 5.29. The smallest absolute Gasteiger partial charge is 0.187 e. The van der Waals surface area contributed by atoms with Gasteiger partial charge in [-0.1, -0.05) is 12.1 Å². The Balaban J connectivity index is 1.53. The summed E-state index contributed by atoms with van der Waals surface area (Å²) in [5.41, 5.74) is 6.49. The number of rotatable bonds is 4. The largest absolute Gasteiger partial charge is 0.337 e. The summed E-state index contributed by atoms with van der Waals surface area (Å²) >= 11 is 3.01. The van der Waals surface area contributed by atoms with Crippen molar-refractivity contribution in [1.29, 1.82) is 5.26 Å². The molecule has 0 atom stereocenters. The van der Waals surface area contributed by atoms with E-state index in [-0.39, 0.29) is 0 Å². The van der Waals surface area contributed by atoms with Crippen molar-refractivity contribution in [1.82, 2.24) is 9.97 Å². The van der Waals surface area contributed by atoms with E-state index in [4.69, 9.17) is 0 Å². The lowest BCUT2D eigenvalue weighted by molar-refractivity contribution is 0.912. The van der Waals surface area contributed by atoms with Gasteiger partial charge in [0, 0.05) is 28.2 Å². The third kappa shape index (κ3) is 3.34. The van der Waals surface area contributed by atoms with Crippen LogP contribution in [0.1, 0.15) is 28.2 Å². The van der Waals surface area contributed by atoms with Crippen LogP contribution in [0, 0.1) is 18.3 Å². The molecule has 0 saturated heterocycles. The molecule has 0 amide bonds. The molecule has 124 valence electrons. The van der Waals surface area contributed by atoms with Gasteiger partial charge in [0.15, 0.2) is 5.13 Å². The number of aryl methyl sites for hydroxylation is 3. The third-order valence-corrected chi connectivity index (χ3v) is 5.98. The molecule has 2 heterocycles. The van der Waals surface area contributed by atoms with Crippen LogP contribution in [0.5, 0.6) is 0 Å². The SMILES string of the molecule is Cc1csc(/C(C#N)=C/Nc2nc(-c3ccc4c(c3)CCC4)cs2)n1. The lowest BCUT2D eigenvalue weighted by atomic mass is 10.1. The molecule has 0 aliphatic heterocycles. The predicted molar refractivity (Wildman–Crippen MR) is 104 cm³/mol. The van der Waals surface area contributed by atoms with Gasteiger partial charge in [0.05, 0.1) is 5.69 Å². The van der Waals surface area contributed by atoms with Crippen LogP contribution >= 0.6 is 22.7 Å². The van der Waals surface area contributed by atoms with Gasteiger partial charge in [0.2, 0.25) is 0 Å². The van der Waals surface area contributed by atoms with Crippen LogP contribution in [0.2, 0.25) is 0 Å². The molecule has 1 aromatic carbocycles. The molecule has 25 heavy (non-hydrogen) atoms. The molecule has 6 heteroatoms. The number of anilines is 1. The normalized spacial score (nSPS) is 13.5. The fraction of sp³-hybridized carbons (Fsp3) is 0.211. The highest BCUT2D eigenvalue weighted by Gasteiger charge is 2.13. The zero-order chi connectivity index (χ0) is 17.2. The fourth-order valence-electron chi connectivity index (χ4n) is 2.96. The molecule has 2 aromatic heterocycles. The monoisotopic (exact) mass is 364 g/mol. The van der Waals surface area contributed by atoms with Gasteiger partial charge in [0.1, 0.15) is 16.6 Å². The highest BCUT2D eigenvalue weighted by atomic mass is 32.1. The fourth-order valence-corrected chi connectivity index (χ4v) is 4.41. The number of nitrogens with zero attached hydrogens (tertiary/aromatic N) is 3. The van der Waals surface area contributed by atoms with Crippen LogP contribution < -0.4 is 5.32 Å². The van der Waals surface area contributed by atoms with Gasteiger partial charge in [-0.15, -0.1) is 22.7 Å². The van der Waals surface area contributed by atoms with Crippen LogP contribution in [0.15, 0.2) is 35.2 Å². The number of allylic oxidation sites excluding steroid dienone is 1. The number of benzene rings is 1. The van der Waals surface area contributed by atoms with Crippen molar-refractivity contribution in [2.75, 3.05) is 5.32 Å². The van der Waals surface area contributed by atoms with E-state index >= 15 is 0 Å². The number of nitriles is 1. The molecule has 4 rings (SSSR count). The van der Waals surface area contributed by atoms with E-state index in [0.717, 1.165) is 27.1 Å². The van der Waals surface area contributed by atoms with E-state index < -0.39 is 0 Å². The summed E-state index contributed by atoms with van der Waals surface area (Å²) in [4.78, 5) is 9.00. The van der Waals surface area contributed by atoms with Gasteiger partial charge in [-0.25, -0.2) is 9.97 Å². The third-order valence-electron chi connectivity index (χ3n) is 4.21. The van der Waals surface area contributed by atoms with E-state index in [1.807, 2.05) is 17.7 Å². The van der Waals surface area contributed by atoms with Gasteiger partial charge >= 0.3 is 0 Å². The Morgan fingerprint density at radius 3 is 2.88 bits per heavy atom. The molecule has 0 unspecified atom stereocenters. The van der Waals surface area contributed by atoms with Crippen molar-refractivity contribution in [2.45, 2.75) is 26.2 Å². The Labute approximate surface area is 154 Å². The topological polar surface area (TPSA) is 61.6 Å². The second-order valence-electron chi connectivity index (χ2n) is 5.98. The van der Waals surface area contributed by atoms with E-state index in [1.165, 1.54) is 53.1 Å². The maximum atomic E-state index is 9.33. The highest BCUT2D eigenvalue weighted by Crippen LogP contribution is 2.30. The first-order chi connectivity index (χ1) is 12.2. The number of aromatic nitrogens is 2. The summed E-state index contributed by atoms with van der Waals surface area (Å²) in [5.74, 6) is 0. The molecule has 0 spiro atoms. The first-order valence-corrected chi connectivity index (χ1v) is 9.86. The Hall–Kier alpha value is -2.49. The second kappa shape index (κ2) is 6.79. The lowest BCUT2D eigenvalue weighted by Crippen LogP contribution is -1.91. The average molecular weight is 364 g/mol. The zero-order valence-electron chi connectivity index (χ0n) is 13.7. The van der Waals surface area contributed by atoms with Crippen LogP contribution in [-0.4, -0.2) is 9.97 Å². The summed E-state index contributed by atoms with van der Waals surface area (Å²) < 4.78 is 0. The lowest BCUT2D eigenvalue weighted by Gasteiger charge is -2.02. The minimum Gasteiger partial charge on any atom is -0.337 e. The van der Waals surface area contributed by atoms with Gasteiger partial charge in [-0.3, -0.25) is 0 Å². The molecule has 0 fully saturated rings. The van der Waals surface area contributed by atoms with E-state index in [0.29, 0.717) is 5.57 Å². The van der Waals surface area contributed by atoms with Gasteiger partial charge in [-0.2, -0.15) is 5.26 Å². The summed E-state index contributed by atoms with van der Waals surface area (Å²) in [5, 5.41) is 18.0. The number of hydrogen-bond acceptors (Lipinski definition) is 6. The van der Waals surface area contributed by atoms with Crippen LogP contribution in [0.3, 0.4) is 0 Å². The molecule has 1 N–H and O–H groups in total. The second-order valence-corrected chi connectivity index (χ2v) is 7.70. The van der Waals surface area contributed by atoms with Gasteiger partial charge in [0.25, 0.3) is 0 Å². The number of hydrogen-bond donors (Lipinski definition) is 1. The molecule has 0 saturated carbocycles. The van der Waals surface area contributed by atoms with Gasteiger partial charge in [-0.05, 0) is 43.4 Å². The zero-order valence-corrected chi connectivity index (χ0v) is 15.4. The molecule has 4 nitrogen and oxygen atoms in total. The van der Waals surface area contributed by atoms with Crippen LogP contribution in [-0.2, 0) is 12.8 Å². The maximum absolute atomic E-state index is 9.33. The van der Waals surface area contributed by atoms with Crippen molar-refractivity contribution < 1.29 is 0 Å². The van der Waals surface area contributed by atoms with E-state index in [1.54, 1.807) is 6.20 Å². The molecule has 0 bridgehead atoms. The minimum absolute atomic E-state index is 0.521.